The summed E-state index contributed by atoms with van der Waals surface area (Å²) in [7, 11) is 0. The first kappa shape index (κ1) is 20.8. The van der Waals surface area contributed by atoms with Crippen LogP contribution in [0.25, 0.3) is 0 Å². The van der Waals surface area contributed by atoms with E-state index in [4.69, 9.17) is 0 Å². The van der Waals surface area contributed by atoms with Crippen LogP contribution in [0.4, 0.5) is 5.82 Å². The second kappa shape index (κ2) is 9.57. The van der Waals surface area contributed by atoms with Crippen molar-refractivity contribution in [2.45, 2.75) is 13.3 Å². The van der Waals surface area contributed by atoms with E-state index in [0.717, 1.165) is 74.5 Å². The molecule has 2 aliphatic rings. The van der Waals surface area contributed by atoms with Gasteiger partial charge in [0.1, 0.15) is 5.82 Å². The van der Waals surface area contributed by atoms with Crippen molar-refractivity contribution in [1.29, 1.82) is 0 Å². The number of thiophene rings is 1. The second-order valence-corrected chi connectivity index (χ2v) is 9.14. The van der Waals surface area contributed by atoms with Crippen LogP contribution in [0.15, 0.2) is 36.5 Å². The molecule has 4 heterocycles. The molecule has 0 saturated carbocycles. The van der Waals surface area contributed by atoms with E-state index in [-0.39, 0.29) is 11.8 Å². The number of pyridine rings is 1. The highest BCUT2D eigenvalue weighted by atomic mass is 32.1. The zero-order valence-electron chi connectivity index (χ0n) is 17.5. The minimum absolute atomic E-state index is 0.134. The molecule has 0 radical (unpaired) electrons. The summed E-state index contributed by atoms with van der Waals surface area (Å²) in [5, 5.41) is 0. The molecule has 7 nitrogen and oxygen atoms in total. The second-order valence-electron chi connectivity index (χ2n) is 7.85. The average molecular weight is 428 g/mol. The van der Waals surface area contributed by atoms with Crippen LogP contribution in [0.2, 0.25) is 0 Å². The number of carbonyl (C=O) groups excluding carboxylic acids is 2. The summed E-state index contributed by atoms with van der Waals surface area (Å²) in [5.41, 5.74) is 0. The molecule has 0 aliphatic carbocycles. The number of nitrogens with zero attached hydrogens (tertiary/aromatic N) is 5. The standard InChI is InChI=1S/C22H29N5O2S/c1-18-5-6-19(30-18)22(29)27-12-10-24(11-13-27)9-7-21(28)26-16-14-25(15-17-26)20-4-2-3-8-23-20/h2-6,8H,7,9-17H2,1H3. The number of rotatable bonds is 5. The largest absolute Gasteiger partial charge is 0.353 e. The third-order valence-electron chi connectivity index (χ3n) is 5.86. The van der Waals surface area contributed by atoms with Gasteiger partial charge in [-0.3, -0.25) is 14.5 Å². The van der Waals surface area contributed by atoms with Crippen LogP contribution in [0.3, 0.4) is 0 Å². The molecule has 0 spiro atoms. The fraction of sp³-hybridized carbons (Fsp3) is 0.500. The molecule has 0 atom stereocenters. The first-order valence-corrected chi connectivity index (χ1v) is 11.4. The normalized spacial score (nSPS) is 18.0. The number of piperazine rings is 2. The Labute approximate surface area is 181 Å². The van der Waals surface area contributed by atoms with Gasteiger partial charge in [-0.15, -0.1) is 11.3 Å². The first-order valence-electron chi connectivity index (χ1n) is 10.6. The lowest BCUT2D eigenvalue weighted by atomic mass is 10.2. The summed E-state index contributed by atoms with van der Waals surface area (Å²) in [6.45, 7) is 9.05. The summed E-state index contributed by atoms with van der Waals surface area (Å²) in [6.07, 6.45) is 2.35. The van der Waals surface area contributed by atoms with E-state index >= 15 is 0 Å². The number of anilines is 1. The van der Waals surface area contributed by atoms with Gasteiger partial charge in [-0.25, -0.2) is 4.98 Å². The van der Waals surface area contributed by atoms with E-state index in [2.05, 4.69) is 14.8 Å². The molecule has 2 aromatic heterocycles. The lowest BCUT2D eigenvalue weighted by Gasteiger charge is -2.37. The van der Waals surface area contributed by atoms with Crippen LogP contribution in [-0.4, -0.2) is 90.4 Å². The fourth-order valence-corrected chi connectivity index (χ4v) is 4.85. The maximum Gasteiger partial charge on any atom is 0.264 e. The molecule has 0 N–H and O–H groups in total. The van der Waals surface area contributed by atoms with Crippen LogP contribution in [-0.2, 0) is 4.79 Å². The van der Waals surface area contributed by atoms with Crippen molar-refractivity contribution in [3.63, 3.8) is 0 Å². The topological polar surface area (TPSA) is 60.0 Å². The van der Waals surface area contributed by atoms with E-state index in [9.17, 15) is 9.59 Å². The lowest BCUT2D eigenvalue weighted by molar-refractivity contribution is -0.131. The summed E-state index contributed by atoms with van der Waals surface area (Å²) >= 11 is 1.56. The average Bonchev–Trinajstić information content (AvgIpc) is 3.24. The summed E-state index contributed by atoms with van der Waals surface area (Å²) in [5.74, 6) is 1.34. The van der Waals surface area contributed by atoms with Crippen LogP contribution in [0.5, 0.6) is 0 Å². The number of aromatic nitrogens is 1. The highest BCUT2D eigenvalue weighted by Crippen LogP contribution is 2.18. The van der Waals surface area contributed by atoms with E-state index in [1.807, 2.05) is 53.3 Å². The van der Waals surface area contributed by atoms with Gasteiger partial charge >= 0.3 is 0 Å². The molecule has 0 unspecified atom stereocenters. The molecule has 2 aliphatic heterocycles. The Hall–Kier alpha value is -2.45. The third kappa shape index (κ3) is 4.99. The summed E-state index contributed by atoms with van der Waals surface area (Å²) < 4.78 is 0. The van der Waals surface area contributed by atoms with E-state index in [1.165, 1.54) is 0 Å². The van der Waals surface area contributed by atoms with E-state index < -0.39 is 0 Å². The SMILES string of the molecule is Cc1ccc(C(=O)N2CCN(CCC(=O)N3CCN(c4ccccn4)CC3)CC2)s1. The smallest absolute Gasteiger partial charge is 0.264 e. The molecular formula is C22H29N5O2S. The molecular weight excluding hydrogens is 398 g/mol. The predicted octanol–water partition coefficient (Wildman–Crippen LogP) is 1.95. The molecule has 2 amide bonds. The van der Waals surface area contributed by atoms with Gasteiger partial charge in [0.05, 0.1) is 4.88 Å². The van der Waals surface area contributed by atoms with Gasteiger partial charge in [0, 0.05) is 76.4 Å². The minimum Gasteiger partial charge on any atom is -0.353 e. The maximum atomic E-state index is 12.6. The number of hydrogen-bond donors (Lipinski definition) is 0. The Morgan fingerprint density at radius 2 is 1.67 bits per heavy atom. The van der Waals surface area contributed by atoms with Crippen molar-refractivity contribution in [2.75, 3.05) is 63.8 Å². The van der Waals surface area contributed by atoms with Crippen molar-refractivity contribution in [3.05, 3.63) is 46.3 Å². The molecule has 0 bridgehead atoms. The monoisotopic (exact) mass is 427 g/mol. The summed E-state index contributed by atoms with van der Waals surface area (Å²) in [4.78, 5) is 40.0. The number of carbonyl (C=O) groups is 2. The van der Waals surface area contributed by atoms with E-state index in [1.54, 1.807) is 11.3 Å². The maximum absolute atomic E-state index is 12.6. The van der Waals surface area contributed by atoms with Gasteiger partial charge in [-0.05, 0) is 31.2 Å². The highest BCUT2D eigenvalue weighted by molar-refractivity contribution is 7.13. The first-order chi connectivity index (χ1) is 14.6. The van der Waals surface area contributed by atoms with Crippen LogP contribution in [0.1, 0.15) is 21.0 Å². The molecule has 30 heavy (non-hydrogen) atoms. The molecule has 2 aromatic rings. The van der Waals surface area contributed by atoms with Crippen molar-refractivity contribution in [1.82, 2.24) is 19.7 Å². The Bertz CT molecular complexity index is 855. The van der Waals surface area contributed by atoms with Gasteiger partial charge in [0.25, 0.3) is 5.91 Å². The van der Waals surface area contributed by atoms with Crippen molar-refractivity contribution < 1.29 is 9.59 Å². The number of hydrogen-bond acceptors (Lipinski definition) is 6. The van der Waals surface area contributed by atoms with Gasteiger partial charge in [0.2, 0.25) is 5.91 Å². The van der Waals surface area contributed by atoms with Crippen molar-refractivity contribution in [2.24, 2.45) is 0 Å². The molecule has 4 rings (SSSR count). The molecule has 160 valence electrons. The Morgan fingerprint density at radius 3 is 2.30 bits per heavy atom. The third-order valence-corrected chi connectivity index (χ3v) is 6.85. The van der Waals surface area contributed by atoms with Gasteiger partial charge in [0.15, 0.2) is 0 Å². The molecule has 8 heteroatoms. The predicted molar refractivity (Wildman–Crippen MR) is 119 cm³/mol. The van der Waals surface area contributed by atoms with Gasteiger partial charge in [-0.1, -0.05) is 6.07 Å². The molecule has 2 fully saturated rings. The molecule has 0 aromatic carbocycles. The number of aryl methyl sites for hydroxylation is 1. The fourth-order valence-electron chi connectivity index (χ4n) is 4.02. The van der Waals surface area contributed by atoms with Crippen LogP contribution < -0.4 is 4.90 Å². The zero-order valence-corrected chi connectivity index (χ0v) is 18.3. The Balaban J connectivity index is 1.17. The van der Waals surface area contributed by atoms with Crippen LogP contribution in [0, 0.1) is 6.92 Å². The van der Waals surface area contributed by atoms with Gasteiger partial charge < -0.3 is 14.7 Å². The lowest BCUT2D eigenvalue weighted by Crippen LogP contribution is -2.51. The Kier molecular flexibility index (Phi) is 6.64. The van der Waals surface area contributed by atoms with E-state index in [0.29, 0.717) is 6.42 Å². The Morgan fingerprint density at radius 1 is 0.933 bits per heavy atom. The van der Waals surface area contributed by atoms with Crippen LogP contribution >= 0.6 is 11.3 Å². The zero-order chi connectivity index (χ0) is 20.9. The minimum atomic E-state index is 0.134. The number of amides is 2. The highest BCUT2D eigenvalue weighted by Gasteiger charge is 2.25. The van der Waals surface area contributed by atoms with Gasteiger partial charge in [-0.2, -0.15) is 0 Å². The summed E-state index contributed by atoms with van der Waals surface area (Å²) in [6, 6.07) is 9.84. The van der Waals surface area contributed by atoms with Crippen molar-refractivity contribution in [3.8, 4) is 0 Å². The van der Waals surface area contributed by atoms with Crippen molar-refractivity contribution >= 4 is 29.0 Å². The molecule has 2 saturated heterocycles. The quantitative estimate of drug-likeness (QED) is 0.730.